The first kappa shape index (κ1) is 20.2. The van der Waals surface area contributed by atoms with Gasteiger partial charge >= 0.3 is 0 Å². The SMILES string of the molecule is CN(C)CCCc1cc(C(=O)N=C(N)N)cc(-c2cc(Cl)ccc2Cl)c1. The van der Waals surface area contributed by atoms with Crippen LogP contribution in [0.3, 0.4) is 0 Å². The maximum absolute atomic E-state index is 12.3. The minimum absolute atomic E-state index is 0.268. The smallest absolute Gasteiger partial charge is 0.280 e. The van der Waals surface area contributed by atoms with Crippen molar-refractivity contribution in [3.8, 4) is 11.1 Å². The lowest BCUT2D eigenvalue weighted by Crippen LogP contribution is -2.24. The zero-order chi connectivity index (χ0) is 19.3. The van der Waals surface area contributed by atoms with Crippen molar-refractivity contribution in [1.29, 1.82) is 0 Å². The minimum Gasteiger partial charge on any atom is -0.370 e. The van der Waals surface area contributed by atoms with Crippen molar-refractivity contribution in [1.82, 2.24) is 4.90 Å². The first-order valence-electron chi connectivity index (χ1n) is 8.14. The Kier molecular flexibility index (Phi) is 7.03. The summed E-state index contributed by atoms with van der Waals surface area (Å²) in [7, 11) is 4.05. The van der Waals surface area contributed by atoms with Gasteiger partial charge in [-0.1, -0.05) is 29.3 Å². The predicted octanol–water partition coefficient (Wildman–Crippen LogP) is 3.57. The highest BCUT2D eigenvalue weighted by atomic mass is 35.5. The summed E-state index contributed by atoms with van der Waals surface area (Å²) in [4.78, 5) is 18.1. The molecule has 26 heavy (non-hydrogen) atoms. The topological polar surface area (TPSA) is 84.7 Å². The average Bonchev–Trinajstić information content (AvgIpc) is 2.56. The Morgan fingerprint density at radius 2 is 1.85 bits per heavy atom. The zero-order valence-electron chi connectivity index (χ0n) is 14.8. The molecule has 0 saturated heterocycles. The summed E-state index contributed by atoms with van der Waals surface area (Å²) in [6.07, 6.45) is 1.77. The van der Waals surface area contributed by atoms with Gasteiger partial charge in [-0.05, 0) is 74.9 Å². The highest BCUT2D eigenvalue weighted by molar-refractivity contribution is 6.35. The monoisotopic (exact) mass is 392 g/mol. The van der Waals surface area contributed by atoms with Gasteiger partial charge in [0.1, 0.15) is 0 Å². The molecule has 1 amide bonds. The van der Waals surface area contributed by atoms with Gasteiger partial charge in [0.2, 0.25) is 0 Å². The van der Waals surface area contributed by atoms with Crippen molar-refractivity contribution < 1.29 is 4.79 Å². The molecule has 0 aliphatic rings. The summed E-state index contributed by atoms with van der Waals surface area (Å²) in [6.45, 7) is 0.944. The molecule has 0 saturated carbocycles. The second-order valence-corrected chi connectivity index (χ2v) is 7.14. The third-order valence-electron chi connectivity index (χ3n) is 3.78. The molecule has 0 spiro atoms. The van der Waals surface area contributed by atoms with Crippen LogP contribution in [-0.2, 0) is 6.42 Å². The molecule has 0 fully saturated rings. The summed E-state index contributed by atoms with van der Waals surface area (Å²) in [5.74, 6) is -0.755. The lowest BCUT2D eigenvalue weighted by atomic mass is 9.97. The summed E-state index contributed by atoms with van der Waals surface area (Å²) >= 11 is 12.4. The van der Waals surface area contributed by atoms with Gasteiger partial charge in [-0.2, -0.15) is 4.99 Å². The fourth-order valence-electron chi connectivity index (χ4n) is 2.62. The molecule has 2 aromatic rings. The van der Waals surface area contributed by atoms with E-state index in [1.807, 2.05) is 26.2 Å². The number of rotatable bonds is 6. The van der Waals surface area contributed by atoms with Crippen molar-refractivity contribution in [2.24, 2.45) is 16.5 Å². The fourth-order valence-corrected chi connectivity index (χ4v) is 3.01. The van der Waals surface area contributed by atoms with Crippen LogP contribution in [0.2, 0.25) is 10.0 Å². The molecule has 0 aliphatic heterocycles. The van der Waals surface area contributed by atoms with Crippen molar-refractivity contribution in [2.45, 2.75) is 12.8 Å². The van der Waals surface area contributed by atoms with E-state index in [0.29, 0.717) is 15.6 Å². The Morgan fingerprint density at radius 1 is 1.12 bits per heavy atom. The standard InChI is InChI=1S/C19H22Cl2N4O/c1-25(2)7-3-4-12-8-13(16-11-15(20)5-6-17(16)21)10-14(9-12)18(26)24-19(22)23/h5-6,8-11H,3-4,7H2,1-2H3,(H4,22,23,24,26). The van der Waals surface area contributed by atoms with Crippen molar-refractivity contribution in [3.63, 3.8) is 0 Å². The van der Waals surface area contributed by atoms with Gasteiger partial charge in [-0.25, -0.2) is 0 Å². The molecule has 138 valence electrons. The van der Waals surface area contributed by atoms with Crippen molar-refractivity contribution in [3.05, 3.63) is 57.6 Å². The number of nitrogens with zero attached hydrogens (tertiary/aromatic N) is 2. The Bertz CT molecular complexity index is 830. The van der Waals surface area contributed by atoms with E-state index in [4.69, 9.17) is 34.7 Å². The van der Waals surface area contributed by atoms with Crippen LogP contribution in [0.15, 0.2) is 41.4 Å². The van der Waals surface area contributed by atoms with E-state index in [1.54, 1.807) is 24.3 Å². The van der Waals surface area contributed by atoms with Crippen LogP contribution < -0.4 is 11.5 Å². The van der Waals surface area contributed by atoms with Gasteiger partial charge in [0.05, 0.1) is 0 Å². The second-order valence-electron chi connectivity index (χ2n) is 6.29. The highest BCUT2D eigenvalue weighted by Crippen LogP contribution is 2.32. The lowest BCUT2D eigenvalue weighted by Gasteiger charge is -2.12. The molecular formula is C19H22Cl2N4O. The van der Waals surface area contributed by atoms with E-state index in [9.17, 15) is 4.79 Å². The van der Waals surface area contributed by atoms with Crippen LogP contribution in [0.25, 0.3) is 11.1 Å². The number of hydrogen-bond donors (Lipinski definition) is 2. The molecule has 0 unspecified atom stereocenters. The first-order valence-corrected chi connectivity index (χ1v) is 8.90. The first-order chi connectivity index (χ1) is 12.3. The van der Waals surface area contributed by atoms with Crippen molar-refractivity contribution >= 4 is 35.1 Å². The predicted molar refractivity (Wildman–Crippen MR) is 109 cm³/mol. The average molecular weight is 393 g/mol. The quantitative estimate of drug-likeness (QED) is 0.581. The number of halogens is 2. The number of guanidine groups is 1. The molecule has 0 aromatic heterocycles. The fraction of sp³-hybridized carbons (Fsp3) is 0.263. The molecule has 0 heterocycles. The minimum atomic E-state index is -0.487. The summed E-state index contributed by atoms with van der Waals surface area (Å²) < 4.78 is 0. The Hall–Kier alpha value is -2.08. The summed E-state index contributed by atoms with van der Waals surface area (Å²) in [5, 5.41) is 1.12. The van der Waals surface area contributed by atoms with Crippen LogP contribution in [0.1, 0.15) is 22.3 Å². The molecule has 0 bridgehead atoms. The van der Waals surface area contributed by atoms with Crippen molar-refractivity contribution in [2.75, 3.05) is 20.6 Å². The number of amides is 1. The third kappa shape index (κ3) is 5.73. The molecular weight excluding hydrogens is 371 g/mol. The second kappa shape index (κ2) is 9.03. The molecule has 0 atom stereocenters. The molecule has 7 heteroatoms. The Labute approximate surface area is 163 Å². The number of benzene rings is 2. The van der Waals surface area contributed by atoms with E-state index in [-0.39, 0.29) is 5.96 Å². The van der Waals surface area contributed by atoms with Gasteiger partial charge in [-0.15, -0.1) is 0 Å². The van der Waals surface area contributed by atoms with E-state index in [1.165, 1.54) is 0 Å². The zero-order valence-corrected chi connectivity index (χ0v) is 16.3. The third-order valence-corrected chi connectivity index (χ3v) is 4.35. The largest absolute Gasteiger partial charge is 0.370 e. The van der Waals surface area contributed by atoms with Crippen LogP contribution >= 0.6 is 23.2 Å². The summed E-state index contributed by atoms with van der Waals surface area (Å²) in [5.41, 5.74) is 13.7. The maximum Gasteiger partial charge on any atom is 0.280 e. The van der Waals surface area contributed by atoms with Gasteiger partial charge < -0.3 is 16.4 Å². The number of aryl methyl sites for hydroxylation is 1. The number of nitrogens with two attached hydrogens (primary N) is 2. The maximum atomic E-state index is 12.3. The number of hydrogen-bond acceptors (Lipinski definition) is 2. The Morgan fingerprint density at radius 3 is 2.50 bits per heavy atom. The molecule has 0 aliphatic carbocycles. The van der Waals surface area contributed by atoms with Crippen LogP contribution in [0.4, 0.5) is 0 Å². The van der Waals surface area contributed by atoms with Gasteiger partial charge in [-0.3, -0.25) is 4.79 Å². The number of aliphatic imine (C=N–C) groups is 1. The van der Waals surface area contributed by atoms with E-state index in [0.717, 1.165) is 36.1 Å². The molecule has 2 rings (SSSR count). The van der Waals surface area contributed by atoms with E-state index < -0.39 is 5.91 Å². The van der Waals surface area contributed by atoms with Gasteiger partial charge in [0.25, 0.3) is 5.91 Å². The normalized spacial score (nSPS) is 10.8. The van der Waals surface area contributed by atoms with Crippen LogP contribution in [0, 0.1) is 0 Å². The van der Waals surface area contributed by atoms with Crippen LogP contribution in [-0.4, -0.2) is 37.4 Å². The van der Waals surface area contributed by atoms with Gasteiger partial charge in [0.15, 0.2) is 5.96 Å². The number of carbonyl (C=O) groups is 1. The molecule has 4 N–H and O–H groups in total. The molecule has 0 radical (unpaired) electrons. The van der Waals surface area contributed by atoms with Gasteiger partial charge in [0, 0.05) is 21.2 Å². The Balaban J connectivity index is 2.47. The number of carbonyl (C=O) groups excluding carboxylic acids is 1. The molecule has 5 nitrogen and oxygen atoms in total. The lowest BCUT2D eigenvalue weighted by molar-refractivity contribution is 0.100. The van der Waals surface area contributed by atoms with E-state index >= 15 is 0 Å². The highest BCUT2D eigenvalue weighted by Gasteiger charge is 2.12. The van der Waals surface area contributed by atoms with E-state index in [2.05, 4.69) is 9.89 Å². The summed E-state index contributed by atoms with van der Waals surface area (Å²) in [6, 6.07) is 10.8. The van der Waals surface area contributed by atoms with Crippen LogP contribution in [0.5, 0.6) is 0 Å². The molecule has 2 aromatic carbocycles.